The van der Waals surface area contributed by atoms with Crippen LogP contribution in [0.25, 0.3) is 0 Å². The van der Waals surface area contributed by atoms with Crippen molar-refractivity contribution in [1.82, 2.24) is 0 Å². The fourth-order valence-corrected chi connectivity index (χ4v) is 10.2. The Morgan fingerprint density at radius 1 is 1.09 bits per heavy atom. The maximum atomic E-state index is 11.6. The van der Waals surface area contributed by atoms with E-state index in [1.807, 2.05) is 0 Å². The molecule has 0 aliphatic heterocycles. The Kier molecular flexibility index (Phi) is 6.85. The molecule has 0 aromatic carbocycles. The number of aliphatic carboxylic acids is 1. The summed E-state index contributed by atoms with van der Waals surface area (Å²) in [4.78, 5) is 11.6. The maximum Gasteiger partial charge on any atom is 0.303 e. The largest absolute Gasteiger partial charge is 0.481 e. The van der Waals surface area contributed by atoms with Gasteiger partial charge in [-0.2, -0.15) is 0 Å². The average Bonchev–Trinajstić information content (AvgIpc) is 3.38. The van der Waals surface area contributed by atoms with Crippen molar-refractivity contribution in [2.24, 2.45) is 45.3 Å². The van der Waals surface area contributed by atoms with Gasteiger partial charge in [0, 0.05) is 6.42 Å². The highest BCUT2D eigenvalue weighted by atomic mass is 16.4. The molecule has 5 heteroatoms. The number of hydrogen-bond donors (Lipinski definition) is 4. The zero-order valence-electron chi connectivity index (χ0n) is 22.8. The van der Waals surface area contributed by atoms with Crippen molar-refractivity contribution in [3.63, 3.8) is 0 Å². The summed E-state index contributed by atoms with van der Waals surface area (Å²) in [5.74, 6) is 1.23. The Morgan fingerprint density at radius 2 is 1.77 bits per heavy atom. The molecule has 0 unspecified atom stereocenters. The molecule has 0 saturated heterocycles. The molecule has 4 saturated carbocycles. The molecule has 0 bridgehead atoms. The topological polar surface area (TPSA) is 98.0 Å². The van der Waals surface area contributed by atoms with Gasteiger partial charge < -0.3 is 20.4 Å². The van der Waals surface area contributed by atoms with Gasteiger partial charge in [-0.3, -0.25) is 4.79 Å². The normalized spacial score (nSPS) is 44.1. The van der Waals surface area contributed by atoms with Gasteiger partial charge in [0.1, 0.15) is 0 Å². The predicted octanol–water partition coefficient (Wildman–Crippen LogP) is 5.57. The number of carboxylic acid groups (broad SMARTS) is 1. The quantitative estimate of drug-likeness (QED) is 0.300. The van der Waals surface area contributed by atoms with Crippen molar-refractivity contribution in [3.05, 3.63) is 12.2 Å². The standard InChI is InChI=1S/C30H50O5/c1-19(7-10-24(32)26(3,4)35)21-11-13-28(6)23-9-8-22(20(2)17-31)29(14-12-25(33)34)18-30(23,29)16-15-27(21,28)5/h19,21-24,31-32,35H,2,7-18H2,1,3-6H3,(H,33,34)/t19-,21-,22+,23-,24-,27-,28+,29-,30+/m1/s1. The molecule has 4 rings (SSSR count). The van der Waals surface area contributed by atoms with Crippen LogP contribution in [0.15, 0.2) is 12.2 Å². The van der Waals surface area contributed by atoms with Gasteiger partial charge in [0.15, 0.2) is 0 Å². The third-order valence-electron chi connectivity index (χ3n) is 12.4. The van der Waals surface area contributed by atoms with Crippen LogP contribution in [-0.2, 0) is 4.79 Å². The van der Waals surface area contributed by atoms with E-state index < -0.39 is 17.7 Å². The Hall–Kier alpha value is -0.910. The number of carboxylic acids is 1. The van der Waals surface area contributed by atoms with Gasteiger partial charge in [0.05, 0.1) is 18.3 Å². The van der Waals surface area contributed by atoms with Crippen LogP contribution in [0.2, 0.25) is 0 Å². The zero-order valence-corrected chi connectivity index (χ0v) is 22.8. The summed E-state index contributed by atoms with van der Waals surface area (Å²) in [6.45, 7) is 15.0. The fraction of sp³-hybridized carbons (Fsp3) is 0.900. The van der Waals surface area contributed by atoms with Crippen LogP contribution in [0.3, 0.4) is 0 Å². The van der Waals surface area contributed by atoms with Crippen LogP contribution in [0.1, 0.15) is 105 Å². The number of fused-ring (bicyclic) bond motifs is 2. The summed E-state index contributed by atoms with van der Waals surface area (Å²) in [6, 6.07) is 0. The minimum atomic E-state index is -1.06. The predicted molar refractivity (Wildman–Crippen MR) is 138 cm³/mol. The van der Waals surface area contributed by atoms with Crippen LogP contribution in [0, 0.1) is 45.3 Å². The van der Waals surface area contributed by atoms with Gasteiger partial charge in [-0.25, -0.2) is 0 Å². The molecular formula is C30H50O5. The van der Waals surface area contributed by atoms with Crippen molar-refractivity contribution in [3.8, 4) is 0 Å². The molecule has 4 aliphatic rings. The first-order valence-electron chi connectivity index (χ1n) is 14.1. The molecule has 9 atom stereocenters. The number of hydrogen-bond acceptors (Lipinski definition) is 4. The summed E-state index contributed by atoms with van der Waals surface area (Å²) in [5, 5.41) is 40.0. The number of carbonyl (C=O) groups is 1. The Morgan fingerprint density at radius 3 is 2.37 bits per heavy atom. The third-order valence-corrected chi connectivity index (χ3v) is 12.4. The Balaban J connectivity index is 1.57. The molecule has 35 heavy (non-hydrogen) atoms. The Bertz CT molecular complexity index is 846. The molecule has 0 amide bonds. The number of aliphatic hydroxyl groups excluding tert-OH is 2. The molecule has 0 radical (unpaired) electrons. The van der Waals surface area contributed by atoms with Crippen molar-refractivity contribution < 1.29 is 25.2 Å². The minimum absolute atomic E-state index is 0.00101. The SMILES string of the molecule is C=C(CO)[C@@H]1CC[C@H]2[C@]3(CC[C@]4(C)[C@@H]([C@H](C)CC[C@@H](O)C(C)(C)O)CC[C@@]24C)C[C@]13CCC(=O)O. The summed E-state index contributed by atoms with van der Waals surface area (Å²) in [6.07, 6.45) is 9.84. The summed E-state index contributed by atoms with van der Waals surface area (Å²) in [5.41, 5.74) is 0.520. The van der Waals surface area contributed by atoms with Crippen molar-refractivity contribution in [1.29, 1.82) is 0 Å². The highest BCUT2D eigenvalue weighted by Crippen LogP contribution is 2.87. The maximum absolute atomic E-state index is 11.6. The molecule has 4 fully saturated rings. The molecule has 0 aromatic rings. The van der Waals surface area contributed by atoms with E-state index >= 15 is 0 Å². The molecule has 0 aromatic heterocycles. The van der Waals surface area contributed by atoms with Crippen LogP contribution in [-0.4, -0.2) is 44.7 Å². The summed E-state index contributed by atoms with van der Waals surface area (Å²) in [7, 11) is 0. The average molecular weight is 491 g/mol. The molecule has 0 heterocycles. The van der Waals surface area contributed by atoms with E-state index in [1.165, 1.54) is 19.3 Å². The minimum Gasteiger partial charge on any atom is -0.481 e. The number of aliphatic hydroxyl groups is 3. The second-order valence-corrected chi connectivity index (χ2v) is 14.1. The van der Waals surface area contributed by atoms with E-state index in [-0.39, 0.29) is 40.6 Å². The first-order chi connectivity index (χ1) is 16.2. The third kappa shape index (κ3) is 3.94. The van der Waals surface area contributed by atoms with E-state index in [2.05, 4.69) is 27.4 Å². The van der Waals surface area contributed by atoms with Crippen molar-refractivity contribution in [2.75, 3.05) is 6.61 Å². The highest BCUT2D eigenvalue weighted by Gasteiger charge is 2.80. The van der Waals surface area contributed by atoms with E-state index in [4.69, 9.17) is 0 Å². The van der Waals surface area contributed by atoms with E-state index in [0.717, 1.165) is 37.7 Å². The Labute approximate surface area is 212 Å². The van der Waals surface area contributed by atoms with Crippen LogP contribution < -0.4 is 0 Å². The van der Waals surface area contributed by atoms with Crippen LogP contribution in [0.5, 0.6) is 0 Å². The molecule has 5 nitrogen and oxygen atoms in total. The lowest BCUT2D eigenvalue weighted by Crippen LogP contribution is -2.54. The molecule has 200 valence electrons. The lowest BCUT2D eigenvalue weighted by Gasteiger charge is -2.61. The lowest BCUT2D eigenvalue weighted by atomic mass is 9.43. The fourth-order valence-electron chi connectivity index (χ4n) is 10.2. The molecule has 4 N–H and O–H groups in total. The zero-order chi connectivity index (χ0) is 26.0. The summed E-state index contributed by atoms with van der Waals surface area (Å²) < 4.78 is 0. The second kappa shape index (κ2) is 8.84. The lowest BCUT2D eigenvalue weighted by molar-refractivity contribution is -0.139. The second-order valence-electron chi connectivity index (χ2n) is 14.1. The van der Waals surface area contributed by atoms with Crippen LogP contribution >= 0.6 is 0 Å². The van der Waals surface area contributed by atoms with E-state index in [0.29, 0.717) is 30.6 Å². The molecular weight excluding hydrogens is 440 g/mol. The van der Waals surface area contributed by atoms with Gasteiger partial charge in [-0.1, -0.05) is 27.4 Å². The first kappa shape index (κ1) is 27.1. The first-order valence-corrected chi connectivity index (χ1v) is 14.1. The van der Waals surface area contributed by atoms with E-state index in [9.17, 15) is 25.2 Å². The molecule has 1 spiro atoms. The van der Waals surface area contributed by atoms with Crippen LogP contribution in [0.4, 0.5) is 0 Å². The van der Waals surface area contributed by atoms with Crippen molar-refractivity contribution >= 4 is 5.97 Å². The van der Waals surface area contributed by atoms with E-state index in [1.54, 1.807) is 13.8 Å². The monoisotopic (exact) mass is 490 g/mol. The number of rotatable bonds is 10. The smallest absolute Gasteiger partial charge is 0.303 e. The van der Waals surface area contributed by atoms with Gasteiger partial charge in [0.2, 0.25) is 0 Å². The van der Waals surface area contributed by atoms with Crippen molar-refractivity contribution in [2.45, 2.75) is 117 Å². The van der Waals surface area contributed by atoms with Gasteiger partial charge in [-0.15, -0.1) is 0 Å². The van der Waals surface area contributed by atoms with Gasteiger partial charge in [0.25, 0.3) is 0 Å². The van der Waals surface area contributed by atoms with Gasteiger partial charge in [-0.05, 0) is 129 Å². The highest BCUT2D eigenvalue weighted by molar-refractivity contribution is 5.67. The van der Waals surface area contributed by atoms with Gasteiger partial charge >= 0.3 is 5.97 Å². The molecule has 4 aliphatic carbocycles. The summed E-state index contributed by atoms with van der Waals surface area (Å²) >= 11 is 0.